The van der Waals surface area contributed by atoms with E-state index in [1.807, 2.05) is 40.7 Å². The average molecular weight is 287 g/mol. The van der Waals surface area contributed by atoms with Gasteiger partial charge in [-0.2, -0.15) is 0 Å². The molecule has 0 heterocycles. The summed E-state index contributed by atoms with van der Waals surface area (Å²) >= 11 is 3.31. The molecule has 0 bridgehead atoms. The van der Waals surface area contributed by atoms with E-state index in [-0.39, 0.29) is 5.97 Å². The van der Waals surface area contributed by atoms with Crippen molar-refractivity contribution in [3.63, 3.8) is 0 Å². The molecule has 0 aromatic rings. The average Bonchev–Trinajstić information content (AvgIpc) is 2.14. The first-order chi connectivity index (χ1) is 7.22. The lowest BCUT2D eigenvalue weighted by atomic mass is 10.1. The van der Waals surface area contributed by atoms with E-state index >= 15 is 0 Å². The molecule has 0 aromatic heterocycles. The highest BCUT2D eigenvalue weighted by molar-refractivity contribution is 9.12. The molecule has 0 aromatic carbocycles. The molecule has 0 amide bonds. The van der Waals surface area contributed by atoms with Gasteiger partial charge in [0.2, 0.25) is 0 Å². The van der Waals surface area contributed by atoms with Crippen molar-refractivity contribution in [2.75, 3.05) is 0 Å². The summed E-state index contributed by atoms with van der Waals surface area (Å²) < 4.78 is 5.98. The van der Waals surface area contributed by atoms with E-state index in [4.69, 9.17) is 4.74 Å². The van der Waals surface area contributed by atoms with Crippen LogP contribution in [0, 0.1) is 0 Å². The van der Waals surface area contributed by atoms with E-state index in [1.54, 1.807) is 6.08 Å². The zero-order valence-electron chi connectivity index (χ0n) is 10.6. The standard InChI is InChI=1S/C13H19BrO2/c1-7-9(3)11(10(14)8-2)12(15)16-13(4,5)6/h7-8H,2H2,1,3-6H3/b9-7-,11-10-. The van der Waals surface area contributed by atoms with E-state index in [0.29, 0.717) is 10.1 Å². The fourth-order valence-electron chi connectivity index (χ4n) is 1.02. The number of carbonyl (C=O) groups is 1. The Bertz CT molecular complexity index is 343. The maximum Gasteiger partial charge on any atom is 0.340 e. The smallest absolute Gasteiger partial charge is 0.340 e. The first-order valence-electron chi connectivity index (χ1n) is 5.11. The summed E-state index contributed by atoms with van der Waals surface area (Å²) in [5.74, 6) is -0.338. The zero-order chi connectivity index (χ0) is 12.9. The number of hydrogen-bond acceptors (Lipinski definition) is 2. The Hall–Kier alpha value is -0.830. The Morgan fingerprint density at radius 3 is 2.19 bits per heavy atom. The van der Waals surface area contributed by atoms with Crippen molar-refractivity contribution < 1.29 is 9.53 Å². The van der Waals surface area contributed by atoms with Crippen molar-refractivity contribution in [2.45, 2.75) is 40.2 Å². The Balaban J connectivity index is 5.26. The van der Waals surface area contributed by atoms with Crippen molar-refractivity contribution >= 4 is 21.9 Å². The molecule has 0 rings (SSSR count). The fraction of sp³-hybridized carbons (Fsp3) is 0.462. The van der Waals surface area contributed by atoms with Crippen LogP contribution in [0.5, 0.6) is 0 Å². The summed E-state index contributed by atoms with van der Waals surface area (Å²) in [7, 11) is 0. The van der Waals surface area contributed by atoms with Crippen molar-refractivity contribution in [3.8, 4) is 0 Å². The Morgan fingerprint density at radius 1 is 1.38 bits per heavy atom. The second-order valence-electron chi connectivity index (χ2n) is 4.40. The van der Waals surface area contributed by atoms with Crippen molar-refractivity contribution in [1.29, 1.82) is 0 Å². The van der Waals surface area contributed by atoms with Gasteiger partial charge in [-0.15, -0.1) is 0 Å². The first kappa shape index (κ1) is 15.2. The van der Waals surface area contributed by atoms with E-state index in [9.17, 15) is 4.79 Å². The summed E-state index contributed by atoms with van der Waals surface area (Å²) in [5, 5.41) is 0. The van der Waals surface area contributed by atoms with E-state index in [2.05, 4.69) is 22.5 Å². The maximum absolute atomic E-state index is 12.0. The van der Waals surface area contributed by atoms with Gasteiger partial charge in [0, 0.05) is 4.48 Å². The van der Waals surface area contributed by atoms with Crippen molar-refractivity contribution in [1.82, 2.24) is 0 Å². The maximum atomic E-state index is 12.0. The third kappa shape index (κ3) is 4.79. The predicted molar refractivity (Wildman–Crippen MR) is 71.4 cm³/mol. The van der Waals surface area contributed by atoms with Gasteiger partial charge in [0.1, 0.15) is 5.60 Å². The molecule has 0 fully saturated rings. The van der Waals surface area contributed by atoms with Gasteiger partial charge in [0.15, 0.2) is 0 Å². The summed E-state index contributed by atoms with van der Waals surface area (Å²) in [6, 6.07) is 0. The summed E-state index contributed by atoms with van der Waals surface area (Å²) in [4.78, 5) is 12.0. The van der Waals surface area contributed by atoms with Gasteiger partial charge in [0.05, 0.1) is 5.57 Å². The summed E-state index contributed by atoms with van der Waals surface area (Å²) in [6.07, 6.45) is 3.45. The molecule has 0 saturated heterocycles. The van der Waals surface area contributed by atoms with Gasteiger partial charge in [-0.1, -0.05) is 18.7 Å². The molecule has 3 heteroatoms. The Morgan fingerprint density at radius 2 is 1.88 bits per heavy atom. The minimum atomic E-state index is -0.495. The number of allylic oxidation sites excluding steroid dienone is 3. The number of rotatable bonds is 3. The number of ether oxygens (including phenoxy) is 1. The topological polar surface area (TPSA) is 26.3 Å². The Labute approximate surface area is 106 Å². The molecule has 0 aliphatic carbocycles. The van der Waals surface area contributed by atoms with Crippen LogP contribution in [-0.2, 0) is 9.53 Å². The van der Waals surface area contributed by atoms with Crippen LogP contribution in [0.4, 0.5) is 0 Å². The van der Waals surface area contributed by atoms with E-state index < -0.39 is 5.60 Å². The van der Waals surface area contributed by atoms with E-state index in [0.717, 1.165) is 5.57 Å². The highest BCUT2D eigenvalue weighted by Gasteiger charge is 2.22. The molecule has 0 aliphatic rings. The van der Waals surface area contributed by atoms with Gasteiger partial charge in [-0.3, -0.25) is 0 Å². The largest absolute Gasteiger partial charge is 0.456 e. The van der Waals surface area contributed by atoms with Gasteiger partial charge >= 0.3 is 5.97 Å². The van der Waals surface area contributed by atoms with Crippen molar-refractivity contribution in [3.05, 3.63) is 34.4 Å². The molecule has 0 radical (unpaired) electrons. The van der Waals surface area contributed by atoms with E-state index in [1.165, 1.54) is 0 Å². The normalized spacial score (nSPS) is 14.2. The van der Waals surface area contributed by atoms with Crippen LogP contribution in [0.2, 0.25) is 0 Å². The van der Waals surface area contributed by atoms with Gasteiger partial charge in [-0.05, 0) is 56.1 Å². The number of halogens is 1. The molecule has 2 nitrogen and oxygen atoms in total. The number of hydrogen-bond donors (Lipinski definition) is 0. The molecule has 0 N–H and O–H groups in total. The quantitative estimate of drug-likeness (QED) is 0.443. The lowest BCUT2D eigenvalue weighted by Gasteiger charge is -2.21. The van der Waals surface area contributed by atoms with Gasteiger partial charge in [-0.25, -0.2) is 4.79 Å². The van der Waals surface area contributed by atoms with Crippen LogP contribution in [0.3, 0.4) is 0 Å². The molecule has 16 heavy (non-hydrogen) atoms. The SMILES string of the molecule is C=C/C(Br)=C(C(=O)OC(C)(C)C)\C(C)=C/C. The second kappa shape index (κ2) is 6.04. The molecular formula is C13H19BrO2. The highest BCUT2D eigenvalue weighted by Crippen LogP contribution is 2.23. The van der Waals surface area contributed by atoms with Crippen LogP contribution in [0.1, 0.15) is 34.6 Å². The zero-order valence-corrected chi connectivity index (χ0v) is 12.1. The molecule has 0 saturated carbocycles. The van der Waals surface area contributed by atoms with Crippen LogP contribution in [-0.4, -0.2) is 11.6 Å². The monoisotopic (exact) mass is 286 g/mol. The summed E-state index contributed by atoms with van der Waals surface area (Å²) in [6.45, 7) is 12.9. The van der Waals surface area contributed by atoms with Crippen LogP contribution in [0.15, 0.2) is 34.4 Å². The Kier molecular flexibility index (Phi) is 5.73. The highest BCUT2D eigenvalue weighted by atomic mass is 79.9. The summed E-state index contributed by atoms with van der Waals surface area (Å²) in [5.41, 5.74) is 0.888. The van der Waals surface area contributed by atoms with Crippen molar-refractivity contribution in [2.24, 2.45) is 0 Å². The molecule has 90 valence electrons. The van der Waals surface area contributed by atoms with Gasteiger partial charge in [0.25, 0.3) is 0 Å². The predicted octanol–water partition coefficient (Wildman–Crippen LogP) is 4.13. The lowest BCUT2D eigenvalue weighted by Crippen LogP contribution is -2.25. The fourth-order valence-corrected chi connectivity index (χ4v) is 1.50. The molecule has 0 atom stereocenters. The number of esters is 1. The minimum absolute atomic E-state index is 0.338. The second-order valence-corrected chi connectivity index (χ2v) is 5.25. The molecule has 0 unspecified atom stereocenters. The molecular weight excluding hydrogens is 268 g/mol. The van der Waals surface area contributed by atoms with Gasteiger partial charge < -0.3 is 4.74 Å². The molecule has 0 spiro atoms. The lowest BCUT2D eigenvalue weighted by molar-refractivity contribution is -0.149. The minimum Gasteiger partial charge on any atom is -0.456 e. The van der Waals surface area contributed by atoms with Crippen LogP contribution >= 0.6 is 15.9 Å². The molecule has 0 aliphatic heterocycles. The van der Waals surface area contributed by atoms with Crippen LogP contribution in [0.25, 0.3) is 0 Å². The first-order valence-corrected chi connectivity index (χ1v) is 5.91. The third-order valence-electron chi connectivity index (χ3n) is 1.85. The van der Waals surface area contributed by atoms with Crippen LogP contribution < -0.4 is 0 Å². The number of carbonyl (C=O) groups excluding carboxylic acids is 1. The third-order valence-corrected chi connectivity index (χ3v) is 2.57.